The first kappa shape index (κ1) is 23.1. The van der Waals surface area contributed by atoms with E-state index in [1.54, 1.807) is 0 Å². The molecule has 2 aliphatic heterocycles. The number of esters is 1. The fraction of sp³-hybridized carbons (Fsp3) is 0.643. The number of fused-ring (bicyclic) bond motifs is 1. The summed E-state index contributed by atoms with van der Waals surface area (Å²) in [7, 11) is 0. The molecule has 2 aliphatic carbocycles. The number of ether oxygens (including phenoxy) is 2. The molecular weight excluding hydrogens is 398 g/mol. The molecule has 0 amide bonds. The van der Waals surface area contributed by atoms with Gasteiger partial charge in [0.15, 0.2) is 0 Å². The molecule has 5 rings (SSSR count). The van der Waals surface area contributed by atoms with Crippen molar-refractivity contribution in [3.8, 4) is 5.75 Å². The van der Waals surface area contributed by atoms with Crippen LogP contribution in [0.5, 0.6) is 5.75 Å². The molecule has 4 heteroatoms. The Morgan fingerprint density at radius 2 is 1.88 bits per heavy atom. The lowest BCUT2D eigenvalue weighted by molar-refractivity contribution is -0.141. The first-order chi connectivity index (χ1) is 15.3. The van der Waals surface area contributed by atoms with Gasteiger partial charge in [-0.1, -0.05) is 65.3 Å². The van der Waals surface area contributed by atoms with E-state index in [1.165, 1.54) is 5.56 Å². The molecule has 0 N–H and O–H groups in total. The molecule has 0 spiro atoms. The highest BCUT2D eigenvalue weighted by Crippen LogP contribution is 2.75. The van der Waals surface area contributed by atoms with Crippen LogP contribution in [0, 0.1) is 29.1 Å². The Morgan fingerprint density at radius 3 is 2.56 bits per heavy atom. The van der Waals surface area contributed by atoms with Crippen LogP contribution in [0.3, 0.4) is 0 Å². The standard InChI is InChI=1S/C28H39NO3/c1-6-9-19(13-12-18(2)27(30)32-17-28(3,4)5)14-15-31-22-11-8-7-10-20(22)21-16-29-26-24-23(21)25(24)26/h7-8,10-11,16,19,21,23-26H,2,6,9,12-15,17H2,1,3-5H3. The summed E-state index contributed by atoms with van der Waals surface area (Å²) in [5.74, 6) is 4.23. The molecule has 4 aliphatic rings. The van der Waals surface area contributed by atoms with Crippen LogP contribution in [-0.2, 0) is 9.53 Å². The second kappa shape index (κ2) is 9.41. The van der Waals surface area contributed by atoms with Gasteiger partial charge in [-0.15, -0.1) is 0 Å². The van der Waals surface area contributed by atoms with Crippen molar-refractivity contribution in [3.63, 3.8) is 0 Å². The van der Waals surface area contributed by atoms with Crippen LogP contribution < -0.4 is 4.74 Å². The third-order valence-electron chi connectivity index (χ3n) is 7.21. The van der Waals surface area contributed by atoms with Crippen molar-refractivity contribution in [3.05, 3.63) is 42.0 Å². The predicted molar refractivity (Wildman–Crippen MR) is 129 cm³/mol. The molecule has 1 aromatic carbocycles. The van der Waals surface area contributed by atoms with E-state index in [0.717, 1.165) is 49.2 Å². The van der Waals surface area contributed by atoms with E-state index >= 15 is 0 Å². The third-order valence-corrected chi connectivity index (χ3v) is 7.21. The highest BCUT2D eigenvalue weighted by Gasteiger charge is 2.77. The van der Waals surface area contributed by atoms with Crippen molar-refractivity contribution in [2.45, 2.75) is 71.8 Å². The molecule has 1 aromatic rings. The predicted octanol–water partition coefficient (Wildman–Crippen LogP) is 6.21. The van der Waals surface area contributed by atoms with Gasteiger partial charge in [-0.2, -0.15) is 0 Å². The molecule has 2 saturated carbocycles. The van der Waals surface area contributed by atoms with Crippen molar-refractivity contribution in [1.29, 1.82) is 0 Å². The molecule has 0 saturated heterocycles. The third kappa shape index (κ3) is 5.27. The lowest BCUT2D eigenvalue weighted by Gasteiger charge is -2.25. The largest absolute Gasteiger partial charge is 0.493 e. The van der Waals surface area contributed by atoms with Crippen LogP contribution >= 0.6 is 0 Å². The average molecular weight is 438 g/mol. The van der Waals surface area contributed by atoms with Gasteiger partial charge in [0.2, 0.25) is 0 Å². The summed E-state index contributed by atoms with van der Waals surface area (Å²) in [5, 5.41) is 0. The lowest BCUT2D eigenvalue weighted by Crippen LogP contribution is -2.21. The van der Waals surface area contributed by atoms with E-state index in [-0.39, 0.29) is 11.4 Å². The van der Waals surface area contributed by atoms with Gasteiger partial charge >= 0.3 is 5.97 Å². The van der Waals surface area contributed by atoms with E-state index < -0.39 is 0 Å². The Hall–Kier alpha value is -2.10. The normalized spacial score (nSPS) is 27.9. The summed E-state index contributed by atoms with van der Waals surface area (Å²) in [5.41, 5.74) is 1.85. The topological polar surface area (TPSA) is 47.9 Å². The number of hydrogen-bond acceptors (Lipinski definition) is 4. The molecule has 0 radical (unpaired) electrons. The Morgan fingerprint density at radius 1 is 1.12 bits per heavy atom. The van der Waals surface area contributed by atoms with Gasteiger partial charge in [0.1, 0.15) is 5.75 Å². The Bertz CT molecular complexity index is 858. The highest BCUT2D eigenvalue weighted by atomic mass is 16.5. The monoisotopic (exact) mass is 437 g/mol. The zero-order chi connectivity index (χ0) is 22.9. The van der Waals surface area contributed by atoms with Gasteiger partial charge in [0, 0.05) is 23.3 Å². The summed E-state index contributed by atoms with van der Waals surface area (Å²) in [4.78, 5) is 16.9. The van der Waals surface area contributed by atoms with Gasteiger partial charge in [-0.05, 0) is 54.4 Å². The number of para-hydroxylation sites is 1. The first-order valence-corrected chi connectivity index (χ1v) is 12.4. The fourth-order valence-electron chi connectivity index (χ4n) is 5.22. The Labute approximate surface area is 193 Å². The van der Waals surface area contributed by atoms with Crippen LogP contribution in [0.25, 0.3) is 0 Å². The van der Waals surface area contributed by atoms with E-state index in [4.69, 9.17) is 14.5 Å². The van der Waals surface area contributed by atoms with Crippen molar-refractivity contribution in [2.24, 2.45) is 34.1 Å². The number of nitrogens with zero attached hydrogens (tertiary/aromatic N) is 1. The van der Waals surface area contributed by atoms with Crippen LogP contribution in [0.4, 0.5) is 0 Å². The number of hydrogen-bond donors (Lipinski definition) is 0. The number of aliphatic imine (C=N–C) groups is 1. The second-order valence-electron chi connectivity index (χ2n) is 11.2. The first-order valence-electron chi connectivity index (χ1n) is 12.4. The van der Waals surface area contributed by atoms with E-state index in [9.17, 15) is 4.79 Å². The maximum Gasteiger partial charge on any atom is 0.333 e. The summed E-state index contributed by atoms with van der Waals surface area (Å²) in [6.07, 6.45) is 7.06. The quantitative estimate of drug-likeness (QED) is 0.288. The molecule has 4 nitrogen and oxygen atoms in total. The van der Waals surface area contributed by atoms with E-state index in [0.29, 0.717) is 43.1 Å². The minimum atomic E-state index is -0.255. The number of carbonyl (C=O) groups is 1. The van der Waals surface area contributed by atoms with Crippen molar-refractivity contribution in [1.82, 2.24) is 0 Å². The van der Waals surface area contributed by atoms with Crippen LogP contribution in [0.2, 0.25) is 0 Å². The van der Waals surface area contributed by atoms with Gasteiger partial charge in [0.05, 0.1) is 19.3 Å². The second-order valence-corrected chi connectivity index (χ2v) is 11.2. The van der Waals surface area contributed by atoms with Crippen LogP contribution in [0.1, 0.15) is 71.3 Å². The van der Waals surface area contributed by atoms with Crippen LogP contribution in [0.15, 0.2) is 41.4 Å². The van der Waals surface area contributed by atoms with Crippen LogP contribution in [-0.4, -0.2) is 31.4 Å². The lowest BCUT2D eigenvalue weighted by atomic mass is 9.86. The van der Waals surface area contributed by atoms with E-state index in [2.05, 4.69) is 64.8 Å². The van der Waals surface area contributed by atoms with Gasteiger partial charge in [-0.25, -0.2) is 4.79 Å². The maximum atomic E-state index is 12.2. The molecule has 4 unspecified atom stereocenters. The molecular formula is C28H39NO3. The van der Waals surface area contributed by atoms with Gasteiger partial charge < -0.3 is 9.47 Å². The molecule has 2 heterocycles. The van der Waals surface area contributed by atoms with Crippen molar-refractivity contribution < 1.29 is 14.3 Å². The highest BCUT2D eigenvalue weighted by molar-refractivity contribution is 5.87. The number of benzene rings is 1. The summed E-state index contributed by atoms with van der Waals surface area (Å²) in [6.45, 7) is 13.5. The minimum Gasteiger partial charge on any atom is -0.493 e. The molecule has 174 valence electrons. The van der Waals surface area contributed by atoms with Gasteiger partial charge in [-0.3, -0.25) is 4.99 Å². The number of carbonyl (C=O) groups excluding carboxylic acids is 1. The zero-order valence-corrected chi connectivity index (χ0v) is 20.2. The smallest absolute Gasteiger partial charge is 0.333 e. The molecule has 32 heavy (non-hydrogen) atoms. The molecule has 2 fully saturated rings. The fourth-order valence-corrected chi connectivity index (χ4v) is 5.22. The van der Waals surface area contributed by atoms with E-state index in [1.807, 2.05) is 0 Å². The van der Waals surface area contributed by atoms with Crippen molar-refractivity contribution >= 4 is 12.2 Å². The summed E-state index contributed by atoms with van der Waals surface area (Å²) >= 11 is 0. The minimum absolute atomic E-state index is 0.0283. The Balaban J connectivity index is 1.24. The SMILES string of the molecule is C=C(CCC(CCC)CCOc1ccccc1C1C=NC2C3C1C23)C(=O)OCC(C)(C)C. The average Bonchev–Trinajstić information content (AvgIpc) is 3.68. The Kier molecular flexibility index (Phi) is 6.78. The van der Waals surface area contributed by atoms with Crippen molar-refractivity contribution in [2.75, 3.05) is 13.2 Å². The molecule has 0 aromatic heterocycles. The maximum absolute atomic E-state index is 12.2. The summed E-state index contributed by atoms with van der Waals surface area (Å²) < 4.78 is 11.7. The molecule has 4 atom stereocenters. The zero-order valence-electron chi connectivity index (χ0n) is 20.2. The number of rotatable bonds is 12. The van der Waals surface area contributed by atoms with Gasteiger partial charge in [0.25, 0.3) is 0 Å². The summed E-state index contributed by atoms with van der Waals surface area (Å²) in [6, 6.07) is 9.14. The molecule has 2 bridgehead atoms.